The van der Waals surface area contributed by atoms with Crippen LogP contribution in [0.25, 0.3) is 0 Å². The number of nitrogens with two attached hydrogens (primary N) is 1. The van der Waals surface area contributed by atoms with Crippen LogP contribution in [0.2, 0.25) is 0 Å². The van der Waals surface area contributed by atoms with Crippen LogP contribution in [0.3, 0.4) is 0 Å². The van der Waals surface area contributed by atoms with Gasteiger partial charge in [-0.3, -0.25) is 4.79 Å². The van der Waals surface area contributed by atoms with Crippen molar-refractivity contribution >= 4 is 5.78 Å². The summed E-state index contributed by atoms with van der Waals surface area (Å²) >= 11 is 0. The first-order chi connectivity index (χ1) is 6.11. The maximum Gasteiger partial charge on any atom is 0.162 e. The molecule has 2 nitrogen and oxygen atoms in total. The zero-order valence-electron chi connectivity index (χ0n) is 8.12. The van der Waals surface area contributed by atoms with Crippen LogP contribution in [-0.2, 0) is 4.79 Å². The molecule has 0 amide bonds. The average Bonchev–Trinajstić information content (AvgIpc) is 2.62. The molecule has 0 aromatic rings. The van der Waals surface area contributed by atoms with Gasteiger partial charge < -0.3 is 5.73 Å². The molecule has 2 heteroatoms. The van der Waals surface area contributed by atoms with Gasteiger partial charge in [-0.15, -0.1) is 0 Å². The van der Waals surface area contributed by atoms with E-state index in [4.69, 9.17) is 5.73 Å². The highest BCUT2D eigenvalue weighted by Crippen LogP contribution is 2.48. The monoisotopic (exact) mass is 179 g/mol. The Morgan fingerprint density at radius 3 is 2.46 bits per heavy atom. The summed E-state index contributed by atoms with van der Waals surface area (Å²) in [6.45, 7) is 5.51. The molecule has 0 aromatic heterocycles. The Bertz CT molecular complexity index is 257. The zero-order valence-corrected chi connectivity index (χ0v) is 8.12. The van der Waals surface area contributed by atoms with Gasteiger partial charge in [0.25, 0.3) is 0 Å². The number of allylic oxidation sites excluding steroid dienone is 1. The molecule has 0 aliphatic heterocycles. The molecule has 0 aromatic carbocycles. The Morgan fingerprint density at radius 2 is 2.00 bits per heavy atom. The van der Waals surface area contributed by atoms with Gasteiger partial charge in [-0.2, -0.15) is 0 Å². The van der Waals surface area contributed by atoms with Crippen molar-refractivity contribution in [3.8, 4) is 0 Å². The van der Waals surface area contributed by atoms with Crippen molar-refractivity contribution in [1.29, 1.82) is 0 Å². The molecule has 2 saturated carbocycles. The van der Waals surface area contributed by atoms with Crippen LogP contribution in [0, 0.1) is 17.8 Å². The fraction of sp³-hybridized carbons (Fsp3) is 0.727. The van der Waals surface area contributed by atoms with E-state index in [-0.39, 0.29) is 17.7 Å². The normalized spacial score (nSPS) is 42.3. The second-order valence-electron chi connectivity index (χ2n) is 4.58. The molecule has 0 spiro atoms. The molecule has 13 heavy (non-hydrogen) atoms. The summed E-state index contributed by atoms with van der Waals surface area (Å²) in [5, 5.41) is 0. The number of ketones is 1. The third-order valence-electron chi connectivity index (χ3n) is 3.70. The lowest BCUT2D eigenvalue weighted by Crippen LogP contribution is -2.40. The molecular weight excluding hydrogens is 162 g/mol. The van der Waals surface area contributed by atoms with Gasteiger partial charge in [0.05, 0.1) is 0 Å². The predicted molar refractivity (Wildman–Crippen MR) is 52.1 cm³/mol. The van der Waals surface area contributed by atoms with E-state index in [1.165, 1.54) is 19.3 Å². The quantitative estimate of drug-likeness (QED) is 0.653. The zero-order chi connectivity index (χ0) is 9.59. The largest absolute Gasteiger partial charge is 0.327 e. The topological polar surface area (TPSA) is 43.1 Å². The summed E-state index contributed by atoms with van der Waals surface area (Å²) in [6, 6.07) is 0.114. The molecule has 4 unspecified atom stereocenters. The summed E-state index contributed by atoms with van der Waals surface area (Å²) in [4.78, 5) is 11.8. The summed E-state index contributed by atoms with van der Waals surface area (Å²) in [5.74, 6) is 1.47. The number of carbonyl (C=O) groups excluding carboxylic acids is 1. The van der Waals surface area contributed by atoms with E-state index in [9.17, 15) is 4.79 Å². The van der Waals surface area contributed by atoms with Crippen LogP contribution in [0.4, 0.5) is 0 Å². The minimum absolute atomic E-state index is 0.0937. The summed E-state index contributed by atoms with van der Waals surface area (Å²) in [7, 11) is 0. The van der Waals surface area contributed by atoms with Crippen molar-refractivity contribution in [2.45, 2.75) is 32.2 Å². The lowest BCUT2D eigenvalue weighted by molar-refractivity contribution is -0.121. The lowest BCUT2D eigenvalue weighted by Gasteiger charge is -2.26. The minimum Gasteiger partial charge on any atom is -0.327 e. The number of Topliss-reactive ketones (excluding diaryl/α,β-unsaturated/α-hetero) is 1. The Labute approximate surface area is 79.2 Å². The van der Waals surface area contributed by atoms with E-state index < -0.39 is 0 Å². The smallest absolute Gasteiger partial charge is 0.162 e. The van der Waals surface area contributed by atoms with E-state index in [0.717, 1.165) is 0 Å². The standard InChI is InChI=1S/C11H17NO/c1-6(2)11(13)9-7-3-4-8(5-7)10(9)12/h7-10H,1,3-5,12H2,2H3. The number of hydrogen-bond acceptors (Lipinski definition) is 2. The Balaban J connectivity index is 2.16. The van der Waals surface area contributed by atoms with Crippen LogP contribution in [0.15, 0.2) is 12.2 Å². The highest BCUT2D eigenvalue weighted by molar-refractivity contribution is 5.97. The van der Waals surface area contributed by atoms with Crippen LogP contribution < -0.4 is 5.73 Å². The third-order valence-corrected chi connectivity index (χ3v) is 3.70. The molecule has 0 radical (unpaired) electrons. The summed E-state index contributed by atoms with van der Waals surface area (Å²) < 4.78 is 0. The summed E-state index contributed by atoms with van der Waals surface area (Å²) in [6.07, 6.45) is 3.60. The first-order valence-electron chi connectivity index (χ1n) is 5.06. The molecule has 2 fully saturated rings. The van der Waals surface area contributed by atoms with Gasteiger partial charge in [0, 0.05) is 12.0 Å². The van der Waals surface area contributed by atoms with Crippen molar-refractivity contribution in [2.24, 2.45) is 23.5 Å². The first kappa shape index (κ1) is 8.95. The van der Waals surface area contributed by atoms with E-state index in [2.05, 4.69) is 6.58 Å². The lowest BCUT2D eigenvalue weighted by atomic mass is 9.80. The fourth-order valence-corrected chi connectivity index (χ4v) is 3.01. The number of rotatable bonds is 2. The van der Waals surface area contributed by atoms with Gasteiger partial charge in [-0.25, -0.2) is 0 Å². The SMILES string of the molecule is C=C(C)C(=O)C1C2CCC(C2)C1N. The molecule has 2 N–H and O–H groups in total. The second kappa shape index (κ2) is 2.95. The van der Waals surface area contributed by atoms with Gasteiger partial charge in [-0.1, -0.05) is 6.58 Å². The average molecular weight is 179 g/mol. The molecule has 2 aliphatic carbocycles. The molecular formula is C11H17NO. The van der Waals surface area contributed by atoms with Crippen molar-refractivity contribution in [2.75, 3.05) is 0 Å². The Hall–Kier alpha value is -0.630. The molecule has 2 rings (SSSR count). The first-order valence-corrected chi connectivity index (χ1v) is 5.06. The molecule has 2 bridgehead atoms. The van der Waals surface area contributed by atoms with Crippen LogP contribution in [0.5, 0.6) is 0 Å². The van der Waals surface area contributed by atoms with Gasteiger partial charge >= 0.3 is 0 Å². The highest BCUT2D eigenvalue weighted by atomic mass is 16.1. The van der Waals surface area contributed by atoms with Gasteiger partial charge in [0.2, 0.25) is 0 Å². The fourth-order valence-electron chi connectivity index (χ4n) is 3.01. The third kappa shape index (κ3) is 1.24. The van der Waals surface area contributed by atoms with Crippen molar-refractivity contribution < 1.29 is 4.79 Å². The predicted octanol–water partition coefficient (Wildman–Crippen LogP) is 1.50. The number of fused-ring (bicyclic) bond motifs is 2. The second-order valence-corrected chi connectivity index (χ2v) is 4.58. The van der Waals surface area contributed by atoms with Gasteiger partial charge in [0.1, 0.15) is 0 Å². The van der Waals surface area contributed by atoms with Crippen LogP contribution in [0.1, 0.15) is 26.2 Å². The Kier molecular flexibility index (Phi) is 2.03. The number of hydrogen-bond donors (Lipinski definition) is 1. The maximum atomic E-state index is 11.8. The molecule has 0 heterocycles. The van der Waals surface area contributed by atoms with Crippen molar-refractivity contribution in [1.82, 2.24) is 0 Å². The summed E-state index contributed by atoms with van der Waals surface area (Å²) in [5.41, 5.74) is 6.72. The minimum atomic E-state index is 0.0937. The van der Waals surface area contributed by atoms with Crippen molar-refractivity contribution in [3.05, 3.63) is 12.2 Å². The van der Waals surface area contributed by atoms with Crippen molar-refractivity contribution in [3.63, 3.8) is 0 Å². The van der Waals surface area contributed by atoms with E-state index in [1.54, 1.807) is 6.92 Å². The Morgan fingerprint density at radius 1 is 1.38 bits per heavy atom. The molecule has 0 saturated heterocycles. The van der Waals surface area contributed by atoms with E-state index >= 15 is 0 Å². The van der Waals surface area contributed by atoms with E-state index in [1.807, 2.05) is 0 Å². The van der Waals surface area contributed by atoms with E-state index in [0.29, 0.717) is 17.4 Å². The molecule has 2 aliphatic rings. The van der Waals surface area contributed by atoms with Gasteiger partial charge in [0.15, 0.2) is 5.78 Å². The maximum absolute atomic E-state index is 11.8. The van der Waals surface area contributed by atoms with Gasteiger partial charge in [-0.05, 0) is 43.6 Å². The van der Waals surface area contributed by atoms with Crippen LogP contribution in [-0.4, -0.2) is 11.8 Å². The number of carbonyl (C=O) groups is 1. The van der Waals surface area contributed by atoms with Crippen LogP contribution >= 0.6 is 0 Å². The molecule has 72 valence electrons. The highest BCUT2D eigenvalue weighted by Gasteiger charge is 2.48. The molecule has 4 atom stereocenters.